The maximum atomic E-state index is 5.79. The zero-order chi connectivity index (χ0) is 25.6. The monoisotopic (exact) mass is 523 g/mol. The van der Waals surface area contributed by atoms with Crippen LogP contribution in [0.25, 0.3) is 0 Å². The molecule has 0 N–H and O–H groups in total. The van der Waals surface area contributed by atoms with Crippen LogP contribution in [0.4, 0.5) is 0 Å². The molecule has 0 saturated carbocycles. The third-order valence-corrected chi connectivity index (χ3v) is 13.6. The number of rotatable bonds is 13. The Balaban J connectivity index is 0. The van der Waals surface area contributed by atoms with Gasteiger partial charge in [0.2, 0.25) is 0 Å². The molecule has 3 heteroatoms. The van der Waals surface area contributed by atoms with Crippen molar-refractivity contribution in [1.29, 1.82) is 0 Å². The molecule has 34 heavy (non-hydrogen) atoms. The van der Waals surface area contributed by atoms with E-state index in [-0.39, 0.29) is 37.2 Å². The molecule has 1 nitrogen and oxygen atoms in total. The molecule has 0 fully saturated rings. The molecule has 0 aliphatic heterocycles. The summed E-state index contributed by atoms with van der Waals surface area (Å²) in [5.74, 6) is 0. The largest absolute Gasteiger partial charge is 0.270 e. The molecule has 0 aromatic rings. The molecule has 0 aromatic carbocycles. The van der Waals surface area contributed by atoms with E-state index in [1.54, 1.807) is 0 Å². The molecular weight excluding hydrogens is 465 g/mol. The summed E-state index contributed by atoms with van der Waals surface area (Å²) in [4.78, 5) is 0. The minimum atomic E-state index is -1.69. The quantitative estimate of drug-likeness (QED) is 0.129. The predicted molar refractivity (Wildman–Crippen MR) is 157 cm³/mol. The SMILES string of the molecule is CCC=CC=CCC.CCCC(C)(C)P(=NC1=CC=CC1)(C(C)(C)CCC)C(C)(C)CCC.[Ti]. The first-order chi connectivity index (χ1) is 15.4. The Labute approximate surface area is 230 Å². The van der Waals surface area contributed by atoms with Gasteiger partial charge in [0.1, 0.15) is 0 Å². The molecule has 1 rings (SSSR count). The maximum Gasteiger partial charge on any atom is 0.0425 e. The van der Waals surface area contributed by atoms with Crippen molar-refractivity contribution in [1.82, 2.24) is 0 Å². The Morgan fingerprint density at radius 2 is 1.12 bits per heavy atom. The molecule has 0 bridgehead atoms. The summed E-state index contributed by atoms with van der Waals surface area (Å²) in [5.41, 5.74) is 1.32. The number of hydrogen-bond donors (Lipinski definition) is 0. The van der Waals surface area contributed by atoms with Crippen molar-refractivity contribution < 1.29 is 21.7 Å². The Bertz CT molecular complexity index is 655. The van der Waals surface area contributed by atoms with Gasteiger partial charge in [-0.05, 0) is 45.2 Å². The molecule has 196 valence electrons. The second kappa shape index (κ2) is 17.4. The van der Waals surface area contributed by atoms with Gasteiger partial charge in [-0.25, -0.2) is 0 Å². The van der Waals surface area contributed by atoms with E-state index in [0.29, 0.717) is 0 Å². The molecule has 0 radical (unpaired) electrons. The van der Waals surface area contributed by atoms with Gasteiger partial charge < -0.3 is 0 Å². The van der Waals surface area contributed by atoms with E-state index in [4.69, 9.17) is 4.74 Å². The first kappa shape index (κ1) is 36.1. The van der Waals surface area contributed by atoms with Crippen LogP contribution in [-0.4, -0.2) is 15.5 Å². The summed E-state index contributed by atoms with van der Waals surface area (Å²) in [7, 11) is -1.69. The summed E-state index contributed by atoms with van der Waals surface area (Å²) in [5, 5.41) is 0.799. The van der Waals surface area contributed by atoms with Gasteiger partial charge in [-0.1, -0.05) is 132 Å². The predicted octanol–water partition coefficient (Wildman–Crippen LogP) is 11.7. The molecule has 1 aliphatic carbocycles. The van der Waals surface area contributed by atoms with Gasteiger partial charge in [-0.3, -0.25) is 4.74 Å². The molecule has 0 saturated heterocycles. The fraction of sp³-hybridized carbons (Fsp3) is 0.742. The maximum absolute atomic E-state index is 5.79. The van der Waals surface area contributed by atoms with E-state index in [1.165, 1.54) is 44.2 Å². The van der Waals surface area contributed by atoms with Gasteiger partial charge in [0.15, 0.2) is 0 Å². The fourth-order valence-corrected chi connectivity index (χ4v) is 14.2. The zero-order valence-electron chi connectivity index (χ0n) is 24.8. The van der Waals surface area contributed by atoms with Gasteiger partial charge >= 0.3 is 0 Å². The summed E-state index contributed by atoms with van der Waals surface area (Å²) in [6, 6.07) is 0. The van der Waals surface area contributed by atoms with E-state index in [1.807, 2.05) is 0 Å². The molecule has 0 unspecified atom stereocenters. The summed E-state index contributed by atoms with van der Waals surface area (Å²) < 4.78 is 5.79. The van der Waals surface area contributed by atoms with Gasteiger partial charge in [-0.2, -0.15) is 0 Å². The summed E-state index contributed by atoms with van der Waals surface area (Å²) in [6.07, 6.45) is 26.0. The van der Waals surface area contributed by atoms with E-state index in [0.717, 1.165) is 19.3 Å². The third kappa shape index (κ3) is 9.75. The van der Waals surface area contributed by atoms with Gasteiger partial charge in [-0.15, -0.1) is 0 Å². The van der Waals surface area contributed by atoms with Crippen LogP contribution in [-0.2, 0) is 21.7 Å². The van der Waals surface area contributed by atoms with E-state index in [2.05, 4.69) is 119 Å². The smallest absolute Gasteiger partial charge is 0.0425 e. The Kier molecular flexibility index (Phi) is 18.4. The molecule has 0 aromatic heterocycles. The summed E-state index contributed by atoms with van der Waals surface area (Å²) in [6.45, 7) is 26.5. The van der Waals surface area contributed by atoms with Crippen molar-refractivity contribution in [3.8, 4) is 0 Å². The Hall–Kier alpha value is -0.0957. The Morgan fingerprint density at radius 3 is 1.38 bits per heavy atom. The van der Waals surface area contributed by atoms with Crippen LogP contribution in [0, 0.1) is 0 Å². The fourth-order valence-electron chi connectivity index (χ4n) is 6.32. The van der Waals surface area contributed by atoms with Crippen molar-refractivity contribution >= 4 is 7.05 Å². The third-order valence-electron chi connectivity index (χ3n) is 7.10. The molecule has 0 heterocycles. The van der Waals surface area contributed by atoms with Crippen LogP contribution in [0.3, 0.4) is 0 Å². The molecular formula is C31H58NPTi. The molecule has 0 atom stereocenters. The van der Waals surface area contributed by atoms with Crippen LogP contribution >= 0.6 is 7.05 Å². The van der Waals surface area contributed by atoms with Crippen molar-refractivity contribution in [2.45, 2.75) is 149 Å². The first-order valence-corrected chi connectivity index (χ1v) is 15.5. The van der Waals surface area contributed by atoms with Crippen LogP contribution in [0.1, 0.15) is 134 Å². The van der Waals surface area contributed by atoms with Crippen molar-refractivity contribution in [3.63, 3.8) is 0 Å². The van der Waals surface area contributed by atoms with Gasteiger partial charge in [0, 0.05) is 49.3 Å². The number of allylic oxidation sites excluding steroid dienone is 7. The van der Waals surface area contributed by atoms with Crippen molar-refractivity contribution in [2.75, 3.05) is 0 Å². The van der Waals surface area contributed by atoms with Gasteiger partial charge in [0.05, 0.1) is 0 Å². The van der Waals surface area contributed by atoms with Crippen molar-refractivity contribution in [2.24, 2.45) is 4.74 Å². The summed E-state index contributed by atoms with van der Waals surface area (Å²) >= 11 is 0. The second-order valence-corrected chi connectivity index (χ2v) is 16.5. The molecule has 0 spiro atoms. The average Bonchev–Trinajstić information content (AvgIpc) is 3.22. The van der Waals surface area contributed by atoms with Crippen molar-refractivity contribution in [3.05, 3.63) is 48.2 Å². The standard InChI is InChI=1S/C23H44NP.C8H14.Ti/c1-10-17-21(4,5)25(22(6,7)18-11-2,23(8,9)19-12-3)24-20-15-13-14-16-20;1-3-5-7-8-6-4-2;/h13-15H,10-12,16-19H2,1-9H3;5-8H,3-4H2,1-2H3;. The van der Waals surface area contributed by atoms with E-state index >= 15 is 0 Å². The minimum Gasteiger partial charge on any atom is -0.270 e. The molecule has 0 amide bonds. The second-order valence-electron chi connectivity index (χ2n) is 11.4. The van der Waals surface area contributed by atoms with Crippen LogP contribution in [0.5, 0.6) is 0 Å². The zero-order valence-corrected chi connectivity index (χ0v) is 27.3. The topological polar surface area (TPSA) is 12.4 Å². The average molecular weight is 524 g/mol. The Morgan fingerprint density at radius 1 is 0.735 bits per heavy atom. The van der Waals surface area contributed by atoms with Crippen LogP contribution in [0.2, 0.25) is 0 Å². The first-order valence-electron chi connectivity index (χ1n) is 13.7. The van der Waals surface area contributed by atoms with Crippen LogP contribution in [0.15, 0.2) is 53.0 Å². The molecule has 1 aliphatic rings. The number of hydrogen-bond acceptors (Lipinski definition) is 1. The van der Waals surface area contributed by atoms with Crippen LogP contribution < -0.4 is 0 Å². The minimum absolute atomic E-state index is 0. The van der Waals surface area contributed by atoms with E-state index < -0.39 is 7.05 Å². The normalized spacial score (nSPS) is 14.7. The van der Waals surface area contributed by atoms with E-state index in [9.17, 15) is 0 Å². The van der Waals surface area contributed by atoms with Gasteiger partial charge in [0.25, 0.3) is 0 Å². The number of nitrogens with zero attached hydrogens (tertiary/aromatic N) is 1.